The molecule has 1 saturated heterocycles. The Kier molecular flexibility index (Phi) is 4.72. The second-order valence-corrected chi connectivity index (χ2v) is 6.89. The van der Waals surface area contributed by atoms with Crippen LogP contribution in [0, 0.1) is 6.92 Å². The quantitative estimate of drug-likeness (QED) is 0.709. The van der Waals surface area contributed by atoms with Crippen molar-refractivity contribution >= 4 is 16.8 Å². The molecule has 28 heavy (non-hydrogen) atoms. The van der Waals surface area contributed by atoms with E-state index in [9.17, 15) is 14.4 Å². The molecule has 9 heteroatoms. The third kappa shape index (κ3) is 3.30. The number of aromatic nitrogens is 3. The Morgan fingerprint density at radius 3 is 2.86 bits per heavy atom. The second-order valence-electron chi connectivity index (χ2n) is 6.89. The normalized spacial score (nSPS) is 16.6. The van der Waals surface area contributed by atoms with E-state index in [4.69, 9.17) is 4.52 Å². The van der Waals surface area contributed by atoms with E-state index in [-0.39, 0.29) is 36.3 Å². The highest BCUT2D eigenvalue weighted by atomic mass is 16.5. The van der Waals surface area contributed by atoms with Gasteiger partial charge in [0.05, 0.1) is 23.4 Å². The van der Waals surface area contributed by atoms with Gasteiger partial charge in [-0.05, 0) is 31.9 Å². The first-order valence-corrected chi connectivity index (χ1v) is 9.24. The summed E-state index contributed by atoms with van der Waals surface area (Å²) in [6, 6.07) is 8.17. The molecule has 0 unspecified atom stereocenters. The van der Waals surface area contributed by atoms with Gasteiger partial charge in [0, 0.05) is 19.2 Å². The SMILES string of the molecule is Cc1cc([C@@H]2CCCN2C(=O)NCCn2[nH]c(=O)c3ccccc3c2=O)no1. The van der Waals surface area contributed by atoms with Crippen molar-refractivity contribution in [3.63, 3.8) is 0 Å². The molecule has 2 aromatic heterocycles. The number of hydrogen-bond donors (Lipinski definition) is 2. The number of likely N-dealkylation sites (tertiary alicyclic amines) is 1. The van der Waals surface area contributed by atoms with Gasteiger partial charge in [-0.1, -0.05) is 17.3 Å². The lowest BCUT2D eigenvalue weighted by molar-refractivity contribution is 0.190. The number of carbonyl (C=O) groups is 1. The minimum absolute atomic E-state index is 0.111. The van der Waals surface area contributed by atoms with Crippen LogP contribution in [0.4, 0.5) is 4.79 Å². The maximum atomic E-state index is 12.6. The Bertz CT molecular complexity index is 1130. The Morgan fingerprint density at radius 2 is 2.11 bits per heavy atom. The van der Waals surface area contributed by atoms with Crippen molar-refractivity contribution in [3.05, 3.63) is 62.5 Å². The molecular weight excluding hydrogens is 362 g/mol. The van der Waals surface area contributed by atoms with Crippen molar-refractivity contribution in [2.75, 3.05) is 13.1 Å². The van der Waals surface area contributed by atoms with E-state index >= 15 is 0 Å². The zero-order chi connectivity index (χ0) is 19.7. The second kappa shape index (κ2) is 7.34. The van der Waals surface area contributed by atoms with Crippen molar-refractivity contribution in [2.24, 2.45) is 0 Å². The number of urea groups is 1. The largest absolute Gasteiger partial charge is 0.361 e. The zero-order valence-corrected chi connectivity index (χ0v) is 15.5. The van der Waals surface area contributed by atoms with Gasteiger partial charge in [0.15, 0.2) is 0 Å². The van der Waals surface area contributed by atoms with Gasteiger partial charge in [-0.15, -0.1) is 0 Å². The summed E-state index contributed by atoms with van der Waals surface area (Å²) in [5.41, 5.74) is 0.129. The average Bonchev–Trinajstić information content (AvgIpc) is 3.34. The summed E-state index contributed by atoms with van der Waals surface area (Å²) in [5.74, 6) is 0.710. The van der Waals surface area contributed by atoms with Crippen molar-refractivity contribution in [2.45, 2.75) is 32.4 Å². The van der Waals surface area contributed by atoms with Crippen LogP contribution >= 0.6 is 0 Å². The van der Waals surface area contributed by atoms with Crippen LogP contribution in [-0.4, -0.2) is 39.0 Å². The molecule has 4 rings (SSSR count). The van der Waals surface area contributed by atoms with E-state index in [1.165, 1.54) is 4.68 Å². The molecule has 0 radical (unpaired) electrons. The van der Waals surface area contributed by atoms with Crippen LogP contribution in [0.15, 0.2) is 44.4 Å². The number of benzene rings is 1. The molecule has 0 bridgehead atoms. The number of aryl methyl sites for hydroxylation is 1. The number of amides is 2. The van der Waals surface area contributed by atoms with Crippen molar-refractivity contribution in [1.82, 2.24) is 25.2 Å². The summed E-state index contributed by atoms with van der Waals surface area (Å²) < 4.78 is 6.35. The first-order valence-electron chi connectivity index (χ1n) is 9.24. The monoisotopic (exact) mass is 383 g/mol. The molecule has 3 heterocycles. The van der Waals surface area contributed by atoms with Crippen molar-refractivity contribution < 1.29 is 9.32 Å². The first-order chi connectivity index (χ1) is 13.5. The van der Waals surface area contributed by atoms with E-state index in [0.717, 1.165) is 18.5 Å². The Balaban J connectivity index is 1.43. The van der Waals surface area contributed by atoms with Crippen LogP contribution in [0.2, 0.25) is 0 Å². The molecule has 9 nitrogen and oxygen atoms in total. The number of nitrogens with zero attached hydrogens (tertiary/aromatic N) is 3. The van der Waals surface area contributed by atoms with Gasteiger partial charge in [-0.3, -0.25) is 14.7 Å². The highest BCUT2D eigenvalue weighted by Crippen LogP contribution is 2.31. The molecule has 0 spiro atoms. The molecule has 2 N–H and O–H groups in total. The fourth-order valence-corrected chi connectivity index (χ4v) is 3.64. The predicted octanol–water partition coefficient (Wildman–Crippen LogP) is 1.53. The van der Waals surface area contributed by atoms with Crippen LogP contribution in [0.5, 0.6) is 0 Å². The van der Waals surface area contributed by atoms with Gasteiger partial charge in [0.2, 0.25) is 0 Å². The Labute approximate surface area is 159 Å². The minimum Gasteiger partial charge on any atom is -0.361 e. The van der Waals surface area contributed by atoms with E-state index in [2.05, 4.69) is 15.6 Å². The van der Waals surface area contributed by atoms with E-state index in [0.29, 0.717) is 23.1 Å². The van der Waals surface area contributed by atoms with E-state index in [1.54, 1.807) is 29.2 Å². The van der Waals surface area contributed by atoms with E-state index < -0.39 is 0 Å². The number of fused-ring (bicyclic) bond motifs is 1. The van der Waals surface area contributed by atoms with Crippen LogP contribution in [0.25, 0.3) is 10.8 Å². The summed E-state index contributed by atoms with van der Waals surface area (Å²) in [6.07, 6.45) is 1.72. The number of nitrogens with one attached hydrogen (secondary N) is 2. The van der Waals surface area contributed by atoms with Crippen molar-refractivity contribution in [3.8, 4) is 0 Å². The molecule has 0 aliphatic carbocycles. The van der Waals surface area contributed by atoms with Gasteiger partial charge in [0.25, 0.3) is 11.1 Å². The number of rotatable bonds is 4. The molecule has 1 aromatic carbocycles. The molecule has 1 aliphatic rings. The lowest BCUT2D eigenvalue weighted by atomic mass is 10.1. The maximum Gasteiger partial charge on any atom is 0.318 e. The third-order valence-electron chi connectivity index (χ3n) is 5.00. The van der Waals surface area contributed by atoms with Crippen LogP contribution in [-0.2, 0) is 6.54 Å². The summed E-state index contributed by atoms with van der Waals surface area (Å²) in [4.78, 5) is 38.9. The molecule has 2 amide bonds. The van der Waals surface area contributed by atoms with Gasteiger partial charge in [-0.2, -0.15) is 0 Å². The van der Waals surface area contributed by atoms with Gasteiger partial charge in [0.1, 0.15) is 11.5 Å². The summed E-state index contributed by atoms with van der Waals surface area (Å²) in [6.45, 7) is 2.84. The predicted molar refractivity (Wildman–Crippen MR) is 102 cm³/mol. The van der Waals surface area contributed by atoms with Gasteiger partial charge in [-0.25, -0.2) is 9.48 Å². The number of carbonyl (C=O) groups excluding carboxylic acids is 1. The maximum absolute atomic E-state index is 12.6. The van der Waals surface area contributed by atoms with Gasteiger partial charge < -0.3 is 14.7 Å². The number of hydrogen-bond acceptors (Lipinski definition) is 5. The molecule has 3 aromatic rings. The average molecular weight is 383 g/mol. The fourth-order valence-electron chi connectivity index (χ4n) is 3.64. The molecule has 1 aliphatic heterocycles. The minimum atomic E-state index is -0.331. The Hall–Kier alpha value is -3.36. The first kappa shape index (κ1) is 18.0. The molecular formula is C19H21N5O4. The molecule has 0 saturated carbocycles. The topological polar surface area (TPSA) is 113 Å². The molecule has 1 atom stereocenters. The summed E-state index contributed by atoms with van der Waals surface area (Å²) in [7, 11) is 0. The molecule has 1 fully saturated rings. The summed E-state index contributed by atoms with van der Waals surface area (Å²) in [5, 5.41) is 10.1. The highest BCUT2D eigenvalue weighted by Gasteiger charge is 2.31. The van der Waals surface area contributed by atoms with Crippen LogP contribution in [0.1, 0.15) is 30.3 Å². The summed E-state index contributed by atoms with van der Waals surface area (Å²) >= 11 is 0. The van der Waals surface area contributed by atoms with Gasteiger partial charge >= 0.3 is 6.03 Å². The fraction of sp³-hybridized carbons (Fsp3) is 0.368. The Morgan fingerprint density at radius 1 is 1.32 bits per heavy atom. The lowest BCUT2D eigenvalue weighted by Gasteiger charge is -2.23. The molecule has 146 valence electrons. The zero-order valence-electron chi connectivity index (χ0n) is 15.5. The number of H-pyrrole nitrogens is 1. The third-order valence-corrected chi connectivity index (χ3v) is 5.00. The highest BCUT2D eigenvalue weighted by molar-refractivity contribution is 5.80. The standard InChI is InChI=1S/C19H21N5O4/c1-12-11-15(22-28-12)16-7-4-9-23(16)19(27)20-8-10-24-18(26)14-6-3-2-5-13(14)17(25)21-24/h2-3,5-6,11,16H,4,7-10H2,1H3,(H,20,27)(H,21,25)/t16-/m0/s1. The van der Waals surface area contributed by atoms with Crippen LogP contribution < -0.4 is 16.4 Å². The van der Waals surface area contributed by atoms with Crippen molar-refractivity contribution in [1.29, 1.82) is 0 Å². The number of aromatic amines is 1. The van der Waals surface area contributed by atoms with E-state index in [1.807, 2.05) is 13.0 Å². The van der Waals surface area contributed by atoms with Crippen LogP contribution in [0.3, 0.4) is 0 Å². The lowest BCUT2D eigenvalue weighted by Crippen LogP contribution is -2.42. The smallest absolute Gasteiger partial charge is 0.318 e.